The minimum absolute atomic E-state index is 0. The predicted octanol–water partition coefficient (Wildman–Crippen LogP) is 2.24. The number of benzene rings is 1. The average molecular weight is 337 g/mol. The van der Waals surface area contributed by atoms with Crippen molar-refractivity contribution in [2.75, 3.05) is 20.1 Å². The summed E-state index contributed by atoms with van der Waals surface area (Å²) in [5, 5.41) is 3.12. The fraction of sp³-hybridized carbons (Fsp3) is 0.571. The molecule has 1 N–H and O–H groups in total. The van der Waals surface area contributed by atoms with Crippen LogP contribution in [0.2, 0.25) is 0 Å². The van der Waals surface area contributed by atoms with Crippen molar-refractivity contribution in [1.82, 2.24) is 9.62 Å². The summed E-state index contributed by atoms with van der Waals surface area (Å²) in [5.74, 6) is -0.337. The van der Waals surface area contributed by atoms with Crippen LogP contribution in [-0.4, -0.2) is 38.9 Å². The molecule has 0 saturated carbocycles. The van der Waals surface area contributed by atoms with E-state index < -0.39 is 10.0 Å². The summed E-state index contributed by atoms with van der Waals surface area (Å²) < 4.78 is 40.4. The highest BCUT2D eigenvalue weighted by Gasteiger charge is 2.30. The van der Waals surface area contributed by atoms with E-state index in [1.54, 1.807) is 13.8 Å². The highest BCUT2D eigenvalue weighted by Crippen LogP contribution is 2.24. The van der Waals surface area contributed by atoms with E-state index in [9.17, 15) is 12.8 Å². The molecular weight excluding hydrogens is 315 g/mol. The van der Waals surface area contributed by atoms with E-state index in [2.05, 4.69) is 5.32 Å². The first-order chi connectivity index (χ1) is 9.36. The Morgan fingerprint density at radius 3 is 2.38 bits per heavy atom. The first kappa shape index (κ1) is 18.4. The van der Waals surface area contributed by atoms with Gasteiger partial charge in [0.15, 0.2) is 0 Å². The van der Waals surface area contributed by atoms with Gasteiger partial charge in [0.1, 0.15) is 5.82 Å². The smallest absolute Gasteiger partial charge is 0.243 e. The zero-order valence-electron chi connectivity index (χ0n) is 12.5. The SMILES string of the molecule is CNC1CCCN(S(=O)(=O)c2cc(C)c(F)c(C)c2)C1.Cl. The van der Waals surface area contributed by atoms with E-state index in [1.807, 2.05) is 7.05 Å². The van der Waals surface area contributed by atoms with Crippen LogP contribution < -0.4 is 5.32 Å². The Kier molecular flexibility index (Phi) is 6.16. The molecule has 1 aliphatic rings. The number of nitrogens with one attached hydrogen (secondary N) is 1. The molecule has 21 heavy (non-hydrogen) atoms. The maximum absolute atomic E-state index is 13.6. The van der Waals surface area contributed by atoms with Gasteiger partial charge in [0, 0.05) is 19.1 Å². The van der Waals surface area contributed by atoms with Gasteiger partial charge in [-0.15, -0.1) is 12.4 Å². The van der Waals surface area contributed by atoms with Crippen LogP contribution in [0, 0.1) is 19.7 Å². The maximum Gasteiger partial charge on any atom is 0.243 e. The van der Waals surface area contributed by atoms with Gasteiger partial charge in [-0.2, -0.15) is 4.31 Å². The molecule has 0 amide bonds. The Bertz CT molecular complexity index is 584. The summed E-state index contributed by atoms with van der Waals surface area (Å²) in [4.78, 5) is 0.186. The van der Waals surface area contributed by atoms with Gasteiger partial charge in [0.25, 0.3) is 0 Å². The summed E-state index contributed by atoms with van der Waals surface area (Å²) in [6.45, 7) is 4.17. The number of hydrogen-bond donors (Lipinski definition) is 1. The molecule has 4 nitrogen and oxygen atoms in total. The summed E-state index contributed by atoms with van der Waals surface area (Å²) in [6.07, 6.45) is 1.81. The lowest BCUT2D eigenvalue weighted by molar-refractivity contribution is 0.293. The molecular formula is C14H22ClFN2O2S. The summed E-state index contributed by atoms with van der Waals surface area (Å²) >= 11 is 0. The molecule has 0 radical (unpaired) electrons. The number of nitrogens with zero attached hydrogens (tertiary/aromatic N) is 1. The summed E-state index contributed by atoms with van der Waals surface area (Å²) in [7, 11) is -1.70. The highest BCUT2D eigenvalue weighted by molar-refractivity contribution is 7.89. The molecule has 0 bridgehead atoms. The fourth-order valence-electron chi connectivity index (χ4n) is 2.60. The molecule has 1 aromatic carbocycles. The van der Waals surface area contributed by atoms with Crippen LogP contribution in [0.5, 0.6) is 0 Å². The van der Waals surface area contributed by atoms with Gasteiger partial charge in [-0.1, -0.05) is 0 Å². The van der Waals surface area contributed by atoms with Crippen LogP contribution in [0.3, 0.4) is 0 Å². The lowest BCUT2D eigenvalue weighted by Gasteiger charge is -2.31. The number of rotatable bonds is 3. The van der Waals surface area contributed by atoms with Crippen molar-refractivity contribution in [3.05, 3.63) is 29.1 Å². The van der Waals surface area contributed by atoms with Gasteiger partial charge >= 0.3 is 0 Å². The number of aryl methyl sites for hydroxylation is 2. The van der Waals surface area contributed by atoms with E-state index >= 15 is 0 Å². The Balaban J connectivity index is 0.00000220. The third kappa shape index (κ3) is 3.74. The second-order valence-corrected chi connectivity index (χ2v) is 7.30. The van der Waals surface area contributed by atoms with Gasteiger partial charge < -0.3 is 5.32 Å². The third-order valence-corrected chi connectivity index (χ3v) is 5.68. The molecule has 7 heteroatoms. The Hall–Kier alpha value is -0.690. The topological polar surface area (TPSA) is 49.4 Å². The number of sulfonamides is 1. The van der Waals surface area contributed by atoms with Crippen LogP contribution in [0.25, 0.3) is 0 Å². The van der Waals surface area contributed by atoms with Crippen molar-refractivity contribution < 1.29 is 12.8 Å². The molecule has 1 atom stereocenters. The van der Waals surface area contributed by atoms with Crippen LogP contribution in [0.4, 0.5) is 4.39 Å². The molecule has 1 unspecified atom stereocenters. The molecule has 2 rings (SSSR count). The molecule has 1 fully saturated rings. The maximum atomic E-state index is 13.6. The minimum atomic E-state index is -3.54. The zero-order chi connectivity index (χ0) is 14.9. The monoisotopic (exact) mass is 336 g/mol. The van der Waals surface area contributed by atoms with Crippen molar-refractivity contribution >= 4 is 22.4 Å². The van der Waals surface area contributed by atoms with Crippen molar-refractivity contribution in [3.63, 3.8) is 0 Å². The zero-order valence-corrected chi connectivity index (χ0v) is 14.2. The third-order valence-electron chi connectivity index (χ3n) is 3.84. The number of piperidine rings is 1. The number of likely N-dealkylation sites (N-methyl/N-ethyl adjacent to an activating group) is 1. The van der Waals surface area contributed by atoms with Crippen molar-refractivity contribution in [2.24, 2.45) is 0 Å². The first-order valence-electron chi connectivity index (χ1n) is 6.80. The Morgan fingerprint density at radius 2 is 1.86 bits per heavy atom. The van der Waals surface area contributed by atoms with Gasteiger partial charge in [-0.05, 0) is 57.0 Å². The van der Waals surface area contributed by atoms with Crippen molar-refractivity contribution in [2.45, 2.75) is 37.6 Å². The molecule has 120 valence electrons. The molecule has 1 saturated heterocycles. The second kappa shape index (κ2) is 7.05. The normalized spacial score (nSPS) is 20.1. The van der Waals surface area contributed by atoms with Crippen molar-refractivity contribution in [3.8, 4) is 0 Å². The lowest BCUT2D eigenvalue weighted by Crippen LogP contribution is -2.46. The lowest BCUT2D eigenvalue weighted by atomic mass is 10.1. The predicted molar refractivity (Wildman–Crippen MR) is 84.0 cm³/mol. The highest BCUT2D eigenvalue weighted by atomic mass is 35.5. The van der Waals surface area contributed by atoms with Gasteiger partial charge in [-0.25, -0.2) is 12.8 Å². The van der Waals surface area contributed by atoms with Crippen LogP contribution in [0.15, 0.2) is 17.0 Å². The minimum Gasteiger partial charge on any atom is -0.316 e. The second-order valence-electron chi connectivity index (χ2n) is 5.36. The van der Waals surface area contributed by atoms with Crippen LogP contribution in [0.1, 0.15) is 24.0 Å². The molecule has 1 heterocycles. The first-order valence-corrected chi connectivity index (χ1v) is 8.24. The van der Waals surface area contributed by atoms with E-state index in [0.717, 1.165) is 12.8 Å². The van der Waals surface area contributed by atoms with E-state index in [1.165, 1.54) is 16.4 Å². The van der Waals surface area contributed by atoms with Gasteiger partial charge in [0.2, 0.25) is 10.0 Å². The fourth-order valence-corrected chi connectivity index (χ4v) is 4.30. The Labute approximate surface area is 132 Å². The average Bonchev–Trinajstić information content (AvgIpc) is 2.44. The standard InChI is InChI=1S/C14H21FN2O2S.ClH/c1-10-7-13(8-11(2)14(10)15)20(18,19)17-6-4-5-12(9-17)16-3;/h7-8,12,16H,4-6,9H2,1-3H3;1H. The van der Waals surface area contributed by atoms with Crippen LogP contribution >= 0.6 is 12.4 Å². The van der Waals surface area contributed by atoms with Crippen LogP contribution in [-0.2, 0) is 10.0 Å². The molecule has 0 aliphatic carbocycles. The summed E-state index contributed by atoms with van der Waals surface area (Å²) in [6, 6.07) is 3.02. The van der Waals surface area contributed by atoms with Crippen molar-refractivity contribution in [1.29, 1.82) is 0 Å². The Morgan fingerprint density at radius 1 is 1.29 bits per heavy atom. The van der Waals surface area contributed by atoms with E-state index in [-0.39, 0.29) is 29.2 Å². The van der Waals surface area contributed by atoms with Gasteiger partial charge in [0.05, 0.1) is 4.90 Å². The quantitative estimate of drug-likeness (QED) is 0.921. The molecule has 0 aromatic heterocycles. The number of hydrogen-bond acceptors (Lipinski definition) is 3. The largest absolute Gasteiger partial charge is 0.316 e. The van der Waals surface area contributed by atoms with E-state index in [0.29, 0.717) is 24.2 Å². The molecule has 1 aliphatic heterocycles. The van der Waals surface area contributed by atoms with Gasteiger partial charge in [-0.3, -0.25) is 0 Å². The van der Waals surface area contributed by atoms with E-state index in [4.69, 9.17) is 0 Å². The molecule has 1 aromatic rings. The molecule has 0 spiro atoms. The number of halogens is 2. The summed E-state index contributed by atoms with van der Waals surface area (Å²) in [5.41, 5.74) is 0.733.